The second-order valence-corrected chi connectivity index (χ2v) is 6.55. The van der Waals surface area contributed by atoms with Crippen molar-refractivity contribution in [2.75, 3.05) is 53.5 Å². The Bertz CT molecular complexity index is 274. The van der Waals surface area contributed by atoms with Gasteiger partial charge in [0.2, 0.25) is 0 Å². The molecule has 0 amide bonds. The molecule has 2 saturated heterocycles. The van der Waals surface area contributed by atoms with E-state index in [4.69, 9.17) is 4.74 Å². The number of nitrogens with one attached hydrogen (secondary N) is 1. The van der Waals surface area contributed by atoms with E-state index in [9.17, 15) is 0 Å². The Morgan fingerprint density at radius 3 is 2.90 bits per heavy atom. The lowest BCUT2D eigenvalue weighted by atomic mass is 9.83. The molecule has 118 valence electrons. The van der Waals surface area contributed by atoms with Gasteiger partial charge in [0, 0.05) is 38.8 Å². The van der Waals surface area contributed by atoms with Crippen LogP contribution in [0.25, 0.3) is 0 Å². The minimum atomic E-state index is 0.541. The molecule has 0 saturated carbocycles. The third-order valence-electron chi connectivity index (χ3n) is 5.06. The molecule has 4 heteroatoms. The SMILES string of the molecule is CCCNCC(COC)N1CCC2C(CCCN2C)C1. The third kappa shape index (κ3) is 4.17. The van der Waals surface area contributed by atoms with Crippen molar-refractivity contribution in [3.8, 4) is 0 Å². The van der Waals surface area contributed by atoms with Gasteiger partial charge in [-0.2, -0.15) is 0 Å². The van der Waals surface area contributed by atoms with Crippen molar-refractivity contribution in [1.29, 1.82) is 0 Å². The maximum atomic E-state index is 5.45. The second kappa shape index (κ2) is 8.32. The number of rotatable bonds is 7. The Labute approximate surface area is 124 Å². The van der Waals surface area contributed by atoms with E-state index in [1.54, 1.807) is 0 Å². The molecule has 2 aliphatic rings. The van der Waals surface area contributed by atoms with Gasteiger partial charge in [0.15, 0.2) is 0 Å². The number of hydrogen-bond acceptors (Lipinski definition) is 4. The lowest BCUT2D eigenvalue weighted by molar-refractivity contribution is 0.00155. The molecule has 0 aromatic heterocycles. The molecule has 2 heterocycles. The van der Waals surface area contributed by atoms with Crippen LogP contribution in [0.4, 0.5) is 0 Å². The van der Waals surface area contributed by atoms with Crippen LogP contribution in [-0.4, -0.2) is 75.4 Å². The van der Waals surface area contributed by atoms with E-state index in [0.29, 0.717) is 6.04 Å². The molecule has 0 bridgehead atoms. The highest BCUT2D eigenvalue weighted by atomic mass is 16.5. The fourth-order valence-corrected chi connectivity index (χ4v) is 3.94. The Hall–Kier alpha value is -0.160. The highest BCUT2D eigenvalue weighted by Gasteiger charge is 2.36. The van der Waals surface area contributed by atoms with E-state index in [2.05, 4.69) is 29.1 Å². The zero-order chi connectivity index (χ0) is 14.4. The van der Waals surface area contributed by atoms with Gasteiger partial charge in [-0.05, 0) is 51.7 Å². The first-order valence-corrected chi connectivity index (χ1v) is 8.40. The van der Waals surface area contributed by atoms with Crippen LogP contribution in [0.1, 0.15) is 32.6 Å². The fraction of sp³-hybridized carbons (Fsp3) is 1.00. The highest BCUT2D eigenvalue weighted by Crippen LogP contribution is 2.30. The molecule has 2 fully saturated rings. The van der Waals surface area contributed by atoms with E-state index >= 15 is 0 Å². The van der Waals surface area contributed by atoms with E-state index in [0.717, 1.165) is 31.7 Å². The van der Waals surface area contributed by atoms with Crippen molar-refractivity contribution < 1.29 is 4.74 Å². The average Bonchev–Trinajstić information content (AvgIpc) is 2.46. The molecule has 3 unspecified atom stereocenters. The summed E-state index contributed by atoms with van der Waals surface area (Å²) in [6.07, 6.45) is 5.31. The number of likely N-dealkylation sites (tertiary alicyclic amines) is 2. The molecule has 0 radical (unpaired) electrons. The maximum absolute atomic E-state index is 5.45. The quantitative estimate of drug-likeness (QED) is 0.715. The highest BCUT2D eigenvalue weighted by molar-refractivity contribution is 4.91. The zero-order valence-electron chi connectivity index (χ0n) is 13.6. The van der Waals surface area contributed by atoms with E-state index in [-0.39, 0.29) is 0 Å². The molecule has 2 aliphatic heterocycles. The van der Waals surface area contributed by atoms with Gasteiger partial charge in [0.25, 0.3) is 0 Å². The minimum absolute atomic E-state index is 0.541. The van der Waals surface area contributed by atoms with Crippen molar-refractivity contribution in [3.63, 3.8) is 0 Å². The number of fused-ring (bicyclic) bond motifs is 1. The standard InChI is InChI=1S/C16H33N3O/c1-4-8-17-11-15(13-20-3)19-10-7-16-14(12-19)6-5-9-18(16)2/h14-17H,4-13H2,1-3H3. The van der Waals surface area contributed by atoms with E-state index in [1.165, 1.54) is 45.3 Å². The molecule has 0 aliphatic carbocycles. The van der Waals surface area contributed by atoms with Crippen LogP contribution >= 0.6 is 0 Å². The molecule has 0 spiro atoms. The van der Waals surface area contributed by atoms with E-state index in [1.807, 2.05) is 7.11 Å². The minimum Gasteiger partial charge on any atom is -0.383 e. The summed E-state index contributed by atoms with van der Waals surface area (Å²) in [5, 5.41) is 3.57. The molecular formula is C16H33N3O. The molecular weight excluding hydrogens is 250 g/mol. The largest absolute Gasteiger partial charge is 0.383 e. The third-order valence-corrected chi connectivity index (χ3v) is 5.06. The molecule has 0 aromatic rings. The van der Waals surface area contributed by atoms with Gasteiger partial charge in [-0.25, -0.2) is 0 Å². The van der Waals surface area contributed by atoms with Crippen molar-refractivity contribution in [2.24, 2.45) is 5.92 Å². The fourth-order valence-electron chi connectivity index (χ4n) is 3.94. The molecule has 4 nitrogen and oxygen atoms in total. The van der Waals surface area contributed by atoms with Crippen molar-refractivity contribution in [3.05, 3.63) is 0 Å². The summed E-state index contributed by atoms with van der Waals surface area (Å²) in [6.45, 7) is 9.04. The summed E-state index contributed by atoms with van der Waals surface area (Å²) in [5.41, 5.74) is 0. The van der Waals surface area contributed by atoms with Gasteiger partial charge in [-0.1, -0.05) is 6.92 Å². The summed E-state index contributed by atoms with van der Waals surface area (Å²) >= 11 is 0. The monoisotopic (exact) mass is 283 g/mol. The summed E-state index contributed by atoms with van der Waals surface area (Å²) in [6, 6.07) is 1.37. The maximum Gasteiger partial charge on any atom is 0.0630 e. The lowest BCUT2D eigenvalue weighted by Crippen LogP contribution is -2.57. The zero-order valence-corrected chi connectivity index (χ0v) is 13.6. The van der Waals surface area contributed by atoms with Crippen LogP contribution < -0.4 is 5.32 Å². The molecule has 1 N–H and O–H groups in total. The number of piperidine rings is 2. The number of methoxy groups -OCH3 is 1. The van der Waals surface area contributed by atoms with E-state index < -0.39 is 0 Å². The Morgan fingerprint density at radius 1 is 1.30 bits per heavy atom. The predicted octanol–water partition coefficient (Wildman–Crippen LogP) is 1.42. The molecule has 3 atom stereocenters. The van der Waals surface area contributed by atoms with Gasteiger partial charge < -0.3 is 15.0 Å². The second-order valence-electron chi connectivity index (χ2n) is 6.55. The topological polar surface area (TPSA) is 27.7 Å². The normalized spacial score (nSPS) is 30.1. The van der Waals surface area contributed by atoms with Crippen molar-refractivity contribution in [1.82, 2.24) is 15.1 Å². The first-order valence-electron chi connectivity index (χ1n) is 8.40. The Balaban J connectivity index is 1.86. The van der Waals surface area contributed by atoms with Crippen LogP contribution in [0.3, 0.4) is 0 Å². The van der Waals surface area contributed by atoms with Gasteiger partial charge in [0.1, 0.15) is 0 Å². The first kappa shape index (κ1) is 16.2. The van der Waals surface area contributed by atoms with Crippen LogP contribution in [0, 0.1) is 5.92 Å². The number of ether oxygens (including phenoxy) is 1. The van der Waals surface area contributed by atoms with Gasteiger partial charge >= 0.3 is 0 Å². The summed E-state index contributed by atoms with van der Waals surface area (Å²) in [7, 11) is 4.13. The van der Waals surface area contributed by atoms with Crippen molar-refractivity contribution in [2.45, 2.75) is 44.7 Å². The van der Waals surface area contributed by atoms with Crippen LogP contribution in [0.15, 0.2) is 0 Å². The number of hydrogen-bond donors (Lipinski definition) is 1. The van der Waals surface area contributed by atoms with Gasteiger partial charge in [0.05, 0.1) is 6.61 Å². The first-order chi connectivity index (χ1) is 9.76. The molecule has 0 aromatic carbocycles. The predicted molar refractivity (Wildman–Crippen MR) is 84.2 cm³/mol. The average molecular weight is 283 g/mol. The van der Waals surface area contributed by atoms with Crippen molar-refractivity contribution >= 4 is 0 Å². The summed E-state index contributed by atoms with van der Waals surface area (Å²) in [5.74, 6) is 0.869. The van der Waals surface area contributed by atoms with Gasteiger partial charge in [-0.15, -0.1) is 0 Å². The lowest BCUT2D eigenvalue weighted by Gasteiger charge is -2.48. The molecule has 2 rings (SSSR count). The van der Waals surface area contributed by atoms with Crippen LogP contribution in [0.5, 0.6) is 0 Å². The Morgan fingerprint density at radius 2 is 2.15 bits per heavy atom. The number of nitrogens with zero attached hydrogens (tertiary/aromatic N) is 2. The Kier molecular flexibility index (Phi) is 6.75. The van der Waals surface area contributed by atoms with Crippen LogP contribution in [0.2, 0.25) is 0 Å². The summed E-state index contributed by atoms with van der Waals surface area (Å²) < 4.78 is 5.45. The summed E-state index contributed by atoms with van der Waals surface area (Å²) in [4.78, 5) is 5.26. The van der Waals surface area contributed by atoms with Crippen LogP contribution in [-0.2, 0) is 4.74 Å². The smallest absolute Gasteiger partial charge is 0.0630 e. The van der Waals surface area contributed by atoms with Gasteiger partial charge in [-0.3, -0.25) is 4.90 Å². The molecule has 20 heavy (non-hydrogen) atoms.